The molecule has 1 heterocycles. The number of nitrogens with one attached hydrogen (secondary N) is 2. The fourth-order valence-electron chi connectivity index (χ4n) is 3.35. The van der Waals surface area contributed by atoms with E-state index in [2.05, 4.69) is 10.3 Å². The van der Waals surface area contributed by atoms with E-state index < -0.39 is 17.2 Å². The van der Waals surface area contributed by atoms with Gasteiger partial charge in [0.1, 0.15) is 5.82 Å². The number of benzene rings is 1. The van der Waals surface area contributed by atoms with Gasteiger partial charge in [0.2, 0.25) is 0 Å². The molecule has 0 spiro atoms. The first kappa shape index (κ1) is 25.9. The molecule has 0 saturated carbocycles. The Morgan fingerprint density at radius 1 is 1.12 bits per heavy atom. The van der Waals surface area contributed by atoms with Crippen LogP contribution in [0.4, 0.5) is 11.5 Å². The Labute approximate surface area is 194 Å². The second-order valence-electron chi connectivity index (χ2n) is 9.59. The van der Waals surface area contributed by atoms with Crippen molar-refractivity contribution in [2.24, 2.45) is 5.92 Å². The summed E-state index contributed by atoms with van der Waals surface area (Å²) in [5.41, 5.74) is 5.22. The molecule has 0 bridgehead atoms. The van der Waals surface area contributed by atoms with Crippen LogP contribution in [-0.4, -0.2) is 33.4 Å². The van der Waals surface area contributed by atoms with E-state index in [0.29, 0.717) is 24.1 Å². The van der Waals surface area contributed by atoms with Crippen molar-refractivity contribution in [3.63, 3.8) is 0 Å². The van der Waals surface area contributed by atoms with Crippen LogP contribution >= 0.6 is 0 Å². The zero-order chi connectivity index (χ0) is 24.9. The quantitative estimate of drug-likeness (QED) is 0.561. The second-order valence-corrected chi connectivity index (χ2v) is 9.59. The number of unbranched alkanes of at least 4 members (excludes halogenated alkanes) is 1. The highest BCUT2D eigenvalue weighted by Gasteiger charge is 2.26. The molecule has 0 fully saturated rings. The summed E-state index contributed by atoms with van der Waals surface area (Å²) in [6, 6.07) is 6.23. The number of nitrogens with zero attached hydrogens (tertiary/aromatic N) is 2. The molecule has 1 aromatic heterocycles. The van der Waals surface area contributed by atoms with Gasteiger partial charge in [0.05, 0.1) is 0 Å². The van der Waals surface area contributed by atoms with Gasteiger partial charge in [-0.15, -0.1) is 0 Å². The Balaban J connectivity index is 2.48. The van der Waals surface area contributed by atoms with Crippen molar-refractivity contribution >= 4 is 23.3 Å². The summed E-state index contributed by atoms with van der Waals surface area (Å²) < 4.78 is 1.29. The van der Waals surface area contributed by atoms with E-state index in [9.17, 15) is 19.2 Å². The number of aromatic nitrogens is 2. The van der Waals surface area contributed by atoms with E-state index in [1.165, 1.54) is 9.47 Å². The van der Waals surface area contributed by atoms with Gasteiger partial charge in [0, 0.05) is 29.8 Å². The molecule has 33 heavy (non-hydrogen) atoms. The summed E-state index contributed by atoms with van der Waals surface area (Å²) in [4.78, 5) is 54.4. The monoisotopic (exact) mass is 457 g/mol. The molecule has 1 aromatic carbocycles. The van der Waals surface area contributed by atoms with Crippen LogP contribution in [0.1, 0.15) is 75.1 Å². The van der Waals surface area contributed by atoms with Crippen LogP contribution in [0, 0.1) is 5.92 Å². The van der Waals surface area contributed by atoms with Crippen molar-refractivity contribution in [1.82, 2.24) is 14.9 Å². The first-order valence-electron chi connectivity index (χ1n) is 11.2. The molecule has 0 aliphatic carbocycles. The van der Waals surface area contributed by atoms with Crippen molar-refractivity contribution < 1.29 is 9.59 Å². The maximum atomic E-state index is 13.4. The third-order valence-electron chi connectivity index (χ3n) is 4.89. The van der Waals surface area contributed by atoms with Crippen LogP contribution in [0.3, 0.4) is 0 Å². The van der Waals surface area contributed by atoms with Gasteiger partial charge < -0.3 is 16.0 Å². The van der Waals surface area contributed by atoms with Gasteiger partial charge >= 0.3 is 5.69 Å². The van der Waals surface area contributed by atoms with Gasteiger partial charge in [-0.1, -0.05) is 27.2 Å². The third-order valence-corrected chi connectivity index (χ3v) is 4.89. The van der Waals surface area contributed by atoms with Crippen molar-refractivity contribution in [3.05, 3.63) is 56.2 Å². The molecule has 0 aliphatic rings. The van der Waals surface area contributed by atoms with E-state index in [0.717, 1.165) is 6.42 Å². The van der Waals surface area contributed by atoms with Crippen molar-refractivity contribution in [2.45, 2.75) is 66.5 Å². The fraction of sp³-hybridized carbons (Fsp3) is 0.500. The number of hydrogen-bond acceptors (Lipinski definition) is 5. The number of nitrogen functional groups attached to an aromatic ring is 1. The minimum absolute atomic E-state index is 0.0283. The van der Waals surface area contributed by atoms with Crippen molar-refractivity contribution in [1.29, 1.82) is 0 Å². The van der Waals surface area contributed by atoms with E-state index in [-0.39, 0.29) is 35.4 Å². The predicted molar refractivity (Wildman–Crippen MR) is 131 cm³/mol. The number of aromatic amines is 1. The number of carbonyl (C=O) groups is 2. The third kappa shape index (κ3) is 6.57. The number of carbonyl (C=O) groups excluding carboxylic acids is 2. The molecule has 180 valence electrons. The first-order chi connectivity index (χ1) is 15.4. The van der Waals surface area contributed by atoms with E-state index in [1.54, 1.807) is 24.3 Å². The average molecular weight is 458 g/mol. The number of hydrogen-bond donors (Lipinski definition) is 3. The average Bonchev–Trinajstić information content (AvgIpc) is 2.70. The molecule has 4 N–H and O–H groups in total. The molecule has 0 unspecified atom stereocenters. The highest BCUT2D eigenvalue weighted by atomic mass is 16.2. The summed E-state index contributed by atoms with van der Waals surface area (Å²) in [6.45, 7) is 12.0. The van der Waals surface area contributed by atoms with Crippen LogP contribution in [0.2, 0.25) is 0 Å². The molecule has 2 rings (SSSR count). The molecular formula is C24H35N5O4. The fourth-order valence-corrected chi connectivity index (χ4v) is 3.35. The van der Waals surface area contributed by atoms with Gasteiger partial charge in [-0.05, 0) is 57.4 Å². The van der Waals surface area contributed by atoms with E-state index >= 15 is 0 Å². The van der Waals surface area contributed by atoms with Gasteiger partial charge in [0.15, 0.2) is 5.69 Å². The van der Waals surface area contributed by atoms with Crippen LogP contribution in [0.15, 0.2) is 33.9 Å². The molecule has 0 radical (unpaired) electrons. The Hall–Kier alpha value is -3.36. The minimum Gasteiger partial charge on any atom is -0.383 e. The number of amides is 2. The SMILES string of the molecule is CCCCn1c(N)c(N(CC(C)C)C(=O)c2ccc(C(=O)NC(C)(C)C)cc2)c(=O)[nH]c1=O. The lowest BCUT2D eigenvalue weighted by Crippen LogP contribution is -2.42. The predicted octanol–water partition coefficient (Wildman–Crippen LogP) is 2.75. The van der Waals surface area contributed by atoms with Crippen molar-refractivity contribution in [3.8, 4) is 0 Å². The summed E-state index contributed by atoms with van der Waals surface area (Å²) in [7, 11) is 0. The molecule has 2 amide bonds. The van der Waals surface area contributed by atoms with Crippen LogP contribution in [0.25, 0.3) is 0 Å². The Kier molecular flexibility index (Phi) is 8.24. The summed E-state index contributed by atoms with van der Waals surface area (Å²) in [6.07, 6.45) is 1.54. The van der Waals surface area contributed by atoms with Crippen LogP contribution in [-0.2, 0) is 6.54 Å². The Morgan fingerprint density at radius 2 is 1.70 bits per heavy atom. The first-order valence-corrected chi connectivity index (χ1v) is 11.2. The lowest BCUT2D eigenvalue weighted by molar-refractivity contribution is 0.0917. The lowest BCUT2D eigenvalue weighted by Gasteiger charge is -2.26. The topological polar surface area (TPSA) is 130 Å². The van der Waals surface area contributed by atoms with E-state index in [4.69, 9.17) is 5.73 Å². The molecule has 2 aromatic rings. The number of nitrogens with two attached hydrogens (primary N) is 1. The van der Waals surface area contributed by atoms with Gasteiger partial charge in [-0.3, -0.25) is 23.9 Å². The maximum absolute atomic E-state index is 13.4. The lowest BCUT2D eigenvalue weighted by atomic mass is 10.1. The number of anilines is 2. The summed E-state index contributed by atoms with van der Waals surface area (Å²) in [5.74, 6) is -0.693. The number of rotatable bonds is 8. The second kappa shape index (κ2) is 10.5. The largest absolute Gasteiger partial charge is 0.383 e. The van der Waals surface area contributed by atoms with Gasteiger partial charge in [0.25, 0.3) is 17.4 Å². The molecule has 9 heteroatoms. The van der Waals surface area contributed by atoms with Gasteiger partial charge in [-0.25, -0.2) is 4.79 Å². The molecular weight excluding hydrogens is 422 g/mol. The zero-order valence-electron chi connectivity index (χ0n) is 20.3. The van der Waals surface area contributed by atoms with Crippen LogP contribution < -0.4 is 27.2 Å². The molecule has 0 atom stereocenters. The summed E-state index contributed by atoms with van der Waals surface area (Å²) >= 11 is 0. The Morgan fingerprint density at radius 3 is 2.21 bits per heavy atom. The molecule has 0 saturated heterocycles. The van der Waals surface area contributed by atoms with Crippen LogP contribution in [0.5, 0.6) is 0 Å². The smallest absolute Gasteiger partial charge is 0.330 e. The highest BCUT2D eigenvalue weighted by Crippen LogP contribution is 2.21. The molecule has 9 nitrogen and oxygen atoms in total. The van der Waals surface area contributed by atoms with Crippen molar-refractivity contribution in [2.75, 3.05) is 17.2 Å². The minimum atomic E-state index is -0.708. The summed E-state index contributed by atoms with van der Waals surface area (Å²) in [5, 5.41) is 2.87. The normalized spacial score (nSPS) is 11.5. The Bertz CT molecular complexity index is 1110. The highest BCUT2D eigenvalue weighted by molar-refractivity contribution is 6.07. The standard InChI is InChI=1S/C24H35N5O4/c1-7-8-13-28-19(25)18(21(31)26-23(28)33)29(14-15(2)3)22(32)17-11-9-16(10-12-17)20(30)27-24(4,5)6/h9-12,15H,7-8,13-14,25H2,1-6H3,(H,27,30)(H,26,31,33). The number of H-pyrrole nitrogens is 1. The zero-order valence-corrected chi connectivity index (χ0v) is 20.3. The molecule has 0 aliphatic heterocycles. The van der Waals surface area contributed by atoms with Gasteiger partial charge in [-0.2, -0.15) is 0 Å². The maximum Gasteiger partial charge on any atom is 0.330 e. The van der Waals surface area contributed by atoms with E-state index in [1.807, 2.05) is 41.5 Å².